The largest absolute Gasteiger partial charge is 0.465 e. The lowest BCUT2D eigenvalue weighted by atomic mass is 9.88. The number of fused-ring (bicyclic) bond motifs is 1. The number of amides is 1. The third-order valence-corrected chi connectivity index (χ3v) is 7.71. The molecule has 2 aromatic rings. The molecule has 1 saturated heterocycles. The second-order valence-electron chi connectivity index (χ2n) is 10.2. The zero-order valence-corrected chi connectivity index (χ0v) is 21.2. The van der Waals surface area contributed by atoms with Crippen LogP contribution in [0.25, 0.3) is 0 Å². The number of carboxylic acid groups (broad SMARTS) is 1. The fourth-order valence-electron chi connectivity index (χ4n) is 5.36. The van der Waals surface area contributed by atoms with Crippen LogP contribution in [0.15, 0.2) is 24.4 Å². The molecular weight excluding hydrogens is 498 g/mol. The molecule has 0 aliphatic carbocycles. The number of ether oxygens (including phenoxy) is 1. The van der Waals surface area contributed by atoms with Gasteiger partial charge >= 0.3 is 6.09 Å². The number of aromatic nitrogens is 2. The molecule has 0 saturated carbocycles. The number of aliphatic hydroxyl groups is 1. The molecule has 2 aliphatic heterocycles. The molecule has 0 bridgehead atoms. The van der Waals surface area contributed by atoms with Crippen molar-refractivity contribution in [1.82, 2.24) is 19.0 Å². The average molecular weight is 529 g/mol. The fourth-order valence-corrected chi connectivity index (χ4v) is 6.14. The smallest absolute Gasteiger partial charge is 0.408 e. The first-order valence-corrected chi connectivity index (χ1v) is 13.3. The number of halogens is 2. The number of carbonyl (C=O) groups is 1. The van der Waals surface area contributed by atoms with E-state index in [1.807, 2.05) is 4.90 Å². The van der Waals surface area contributed by atoms with Crippen molar-refractivity contribution in [2.24, 2.45) is 0 Å². The van der Waals surface area contributed by atoms with Gasteiger partial charge in [0.05, 0.1) is 43.4 Å². The van der Waals surface area contributed by atoms with Crippen LogP contribution in [-0.2, 0) is 21.3 Å². The monoisotopic (exact) mass is 528 g/mol. The van der Waals surface area contributed by atoms with E-state index in [2.05, 4.69) is 5.10 Å². The highest BCUT2D eigenvalue weighted by Crippen LogP contribution is 2.42. The van der Waals surface area contributed by atoms with Crippen LogP contribution < -0.4 is 0 Å². The predicted octanol–water partition coefficient (Wildman–Crippen LogP) is 2.50. The van der Waals surface area contributed by atoms with Gasteiger partial charge in [-0.3, -0.25) is 9.80 Å². The molecule has 13 heteroatoms. The first-order chi connectivity index (χ1) is 16.7. The zero-order chi connectivity index (χ0) is 26.6. The lowest BCUT2D eigenvalue weighted by molar-refractivity contribution is -0.109. The van der Waals surface area contributed by atoms with Gasteiger partial charge in [-0.25, -0.2) is 22.0 Å². The molecule has 10 nitrogen and oxygen atoms in total. The molecule has 36 heavy (non-hydrogen) atoms. The van der Waals surface area contributed by atoms with Crippen molar-refractivity contribution in [3.63, 3.8) is 0 Å². The van der Waals surface area contributed by atoms with Gasteiger partial charge in [-0.2, -0.15) is 9.19 Å². The Morgan fingerprint density at radius 3 is 2.56 bits per heavy atom. The summed E-state index contributed by atoms with van der Waals surface area (Å²) in [7, 11) is -3.68. The minimum Gasteiger partial charge on any atom is -0.465 e. The van der Waals surface area contributed by atoms with E-state index in [-0.39, 0.29) is 31.7 Å². The average Bonchev–Trinajstić information content (AvgIpc) is 3.33. The quantitative estimate of drug-likeness (QED) is 0.607. The summed E-state index contributed by atoms with van der Waals surface area (Å²) in [4.78, 5) is 15.4. The molecule has 1 fully saturated rings. The molecule has 2 N–H and O–H groups in total. The number of nitrogens with zero attached hydrogens (tertiary/aromatic N) is 4. The highest BCUT2D eigenvalue weighted by molar-refractivity contribution is 7.89. The van der Waals surface area contributed by atoms with Crippen molar-refractivity contribution in [2.75, 3.05) is 19.5 Å². The van der Waals surface area contributed by atoms with Gasteiger partial charge in [0.15, 0.2) is 0 Å². The van der Waals surface area contributed by atoms with Gasteiger partial charge in [-0.1, -0.05) is 0 Å². The summed E-state index contributed by atoms with van der Waals surface area (Å²) < 4.78 is 60.2. The van der Waals surface area contributed by atoms with Gasteiger partial charge < -0.3 is 14.9 Å². The molecular formula is C23H30F2N4O6S. The van der Waals surface area contributed by atoms with E-state index < -0.39 is 57.5 Å². The fraction of sp³-hybridized carbons (Fsp3) is 0.565. The Morgan fingerprint density at radius 1 is 1.28 bits per heavy atom. The molecule has 2 aliphatic rings. The van der Waals surface area contributed by atoms with Gasteiger partial charge in [0.2, 0.25) is 0 Å². The molecule has 3 heterocycles. The number of hydrogen-bond acceptors (Lipinski definition) is 7. The third kappa shape index (κ3) is 4.72. The minimum atomic E-state index is -3.68. The molecule has 4 atom stereocenters. The van der Waals surface area contributed by atoms with Crippen LogP contribution in [0.3, 0.4) is 0 Å². The summed E-state index contributed by atoms with van der Waals surface area (Å²) in [5.74, 6) is -1.38. The highest BCUT2D eigenvalue weighted by Gasteiger charge is 2.47. The summed E-state index contributed by atoms with van der Waals surface area (Å²) in [5.41, 5.74) is -0.00335. The van der Waals surface area contributed by atoms with E-state index in [0.29, 0.717) is 11.3 Å². The Kier molecular flexibility index (Phi) is 6.88. The van der Waals surface area contributed by atoms with Crippen LogP contribution in [0.5, 0.6) is 0 Å². The van der Waals surface area contributed by atoms with E-state index in [4.69, 9.17) is 4.74 Å². The minimum absolute atomic E-state index is 0.0296. The van der Waals surface area contributed by atoms with Crippen LogP contribution >= 0.6 is 0 Å². The van der Waals surface area contributed by atoms with Gasteiger partial charge in [0.1, 0.15) is 17.7 Å². The van der Waals surface area contributed by atoms with Crippen molar-refractivity contribution in [3.05, 3.63) is 52.9 Å². The molecule has 198 valence electrons. The maximum absolute atomic E-state index is 14.8. The standard InChI is InChI=1S/C23H30F2N4O6S/c1-23(2,3)28(22(31)32)18-8-14(12-35-21(18)15-7-13(24)5-6-17(15)25)27-10-19-16(20(27)11-30)9-26-29(19)36(4,33)34/h5-7,9,14,18,20-21,30H,8,10-12H2,1-4H3,(H,31,32)/t14-,18+,20?,21-/m1/s1. The van der Waals surface area contributed by atoms with Crippen LogP contribution in [0.2, 0.25) is 0 Å². The summed E-state index contributed by atoms with van der Waals surface area (Å²) in [5, 5.41) is 24.2. The second-order valence-corrected chi connectivity index (χ2v) is 12.0. The van der Waals surface area contributed by atoms with Crippen molar-refractivity contribution in [2.45, 2.75) is 63.5 Å². The van der Waals surface area contributed by atoms with Crippen molar-refractivity contribution in [1.29, 1.82) is 0 Å². The van der Waals surface area contributed by atoms with E-state index in [9.17, 15) is 32.2 Å². The van der Waals surface area contributed by atoms with Crippen LogP contribution in [0.4, 0.5) is 13.6 Å². The second kappa shape index (κ2) is 9.36. The van der Waals surface area contributed by atoms with Crippen molar-refractivity contribution in [3.8, 4) is 0 Å². The lowest BCUT2D eigenvalue weighted by Crippen LogP contribution is -2.58. The Morgan fingerprint density at radius 2 is 1.97 bits per heavy atom. The number of aliphatic hydroxyl groups excluding tert-OH is 1. The van der Waals surface area contributed by atoms with Crippen LogP contribution in [-0.4, -0.2) is 80.8 Å². The Labute approximate surface area is 208 Å². The molecule has 1 aromatic heterocycles. The van der Waals surface area contributed by atoms with Gasteiger partial charge in [-0.05, 0) is 45.4 Å². The number of benzene rings is 1. The van der Waals surface area contributed by atoms with Gasteiger partial charge in [0, 0.05) is 29.3 Å². The number of rotatable bonds is 5. The number of hydrogen-bond donors (Lipinski definition) is 2. The molecule has 0 radical (unpaired) electrons. The molecule has 1 aromatic carbocycles. The Hall–Kier alpha value is -2.61. The van der Waals surface area contributed by atoms with E-state index in [1.165, 1.54) is 11.1 Å². The normalized spacial score (nSPS) is 25.1. The van der Waals surface area contributed by atoms with Crippen molar-refractivity contribution >= 4 is 16.1 Å². The summed E-state index contributed by atoms with van der Waals surface area (Å²) in [6, 6.07) is 1.04. The Bertz CT molecular complexity index is 1260. The maximum Gasteiger partial charge on any atom is 0.408 e. The van der Waals surface area contributed by atoms with E-state index in [0.717, 1.165) is 28.5 Å². The Balaban J connectivity index is 1.72. The lowest BCUT2D eigenvalue weighted by Gasteiger charge is -2.48. The third-order valence-electron chi connectivity index (χ3n) is 6.77. The molecule has 1 unspecified atom stereocenters. The van der Waals surface area contributed by atoms with Crippen molar-refractivity contribution < 1.29 is 36.9 Å². The summed E-state index contributed by atoms with van der Waals surface area (Å²) in [6.07, 6.45) is 0.299. The van der Waals surface area contributed by atoms with Crippen LogP contribution in [0.1, 0.15) is 56.2 Å². The molecule has 0 spiro atoms. The van der Waals surface area contributed by atoms with Gasteiger partial charge in [0.25, 0.3) is 10.0 Å². The summed E-state index contributed by atoms with van der Waals surface area (Å²) >= 11 is 0. The van der Waals surface area contributed by atoms with Gasteiger partial charge in [-0.15, -0.1) is 0 Å². The van der Waals surface area contributed by atoms with E-state index >= 15 is 0 Å². The summed E-state index contributed by atoms with van der Waals surface area (Å²) in [6.45, 7) is 4.94. The maximum atomic E-state index is 14.8. The first-order valence-electron chi connectivity index (χ1n) is 11.5. The molecule has 1 amide bonds. The molecule has 4 rings (SSSR count). The SMILES string of the molecule is CC(C)(C)N(C(=O)O)[C@H]1C[C@@H](N2Cc3c(cnn3S(C)(=O)=O)C2CO)CO[C@@H]1c1cc(F)ccc1F. The topological polar surface area (TPSA) is 125 Å². The zero-order valence-electron chi connectivity index (χ0n) is 20.4. The highest BCUT2D eigenvalue weighted by atomic mass is 32.2. The van der Waals surface area contributed by atoms with Crippen LogP contribution in [0, 0.1) is 11.6 Å². The first kappa shape index (κ1) is 26.5. The van der Waals surface area contributed by atoms with E-state index in [1.54, 1.807) is 20.8 Å². The predicted molar refractivity (Wildman–Crippen MR) is 125 cm³/mol.